The summed E-state index contributed by atoms with van der Waals surface area (Å²) in [6.45, 7) is 5.03. The van der Waals surface area contributed by atoms with E-state index >= 15 is 0 Å². The zero-order chi connectivity index (χ0) is 25.6. The maximum Gasteiger partial charge on any atom is 0.256 e. The number of nitrogens with zero attached hydrogens (tertiary/aromatic N) is 3. The Labute approximate surface area is 219 Å². The molecule has 6 nitrogen and oxygen atoms in total. The van der Waals surface area contributed by atoms with Gasteiger partial charge in [0.2, 0.25) is 0 Å². The number of nitrogens with one attached hydrogen (secondary N) is 1. The van der Waals surface area contributed by atoms with E-state index in [-0.39, 0.29) is 17.9 Å². The second-order valence-electron chi connectivity index (χ2n) is 10.7. The number of carbonyl (C=O) groups excluding carboxylic acids is 2. The lowest BCUT2D eigenvalue weighted by atomic mass is 10.0. The molecule has 0 bridgehead atoms. The second kappa shape index (κ2) is 12.1. The Bertz CT molecular complexity index is 1070. The third-order valence-electron chi connectivity index (χ3n) is 8.33. The lowest BCUT2D eigenvalue weighted by molar-refractivity contribution is 0.0552. The number of hydrogen-bond acceptors (Lipinski definition) is 4. The third kappa shape index (κ3) is 6.32. The molecule has 2 amide bonds. The maximum atomic E-state index is 13.6. The SMILES string of the molecule is O=C(NC1CCN(c2ccccc2C(=O)N2CCN(C3CCCCCC3)CC2)CC1)c1cccc(F)c1. The molecule has 2 aromatic carbocycles. The van der Waals surface area contributed by atoms with Gasteiger partial charge in [-0.15, -0.1) is 0 Å². The summed E-state index contributed by atoms with van der Waals surface area (Å²) >= 11 is 0. The predicted molar refractivity (Wildman–Crippen MR) is 145 cm³/mol. The smallest absolute Gasteiger partial charge is 0.256 e. The molecule has 198 valence electrons. The number of hydrogen-bond donors (Lipinski definition) is 1. The number of anilines is 1. The van der Waals surface area contributed by atoms with Crippen LogP contribution in [0.15, 0.2) is 48.5 Å². The number of halogens is 1. The van der Waals surface area contributed by atoms with E-state index in [4.69, 9.17) is 0 Å². The summed E-state index contributed by atoms with van der Waals surface area (Å²) in [5.74, 6) is -0.524. The molecule has 5 rings (SSSR count). The maximum absolute atomic E-state index is 13.6. The van der Waals surface area contributed by atoms with Crippen LogP contribution >= 0.6 is 0 Å². The molecule has 2 heterocycles. The van der Waals surface area contributed by atoms with Crippen molar-refractivity contribution in [1.29, 1.82) is 0 Å². The molecule has 1 aliphatic carbocycles. The second-order valence-corrected chi connectivity index (χ2v) is 10.7. The third-order valence-corrected chi connectivity index (χ3v) is 8.33. The van der Waals surface area contributed by atoms with Crippen molar-refractivity contribution in [2.75, 3.05) is 44.2 Å². The van der Waals surface area contributed by atoms with Gasteiger partial charge in [0.25, 0.3) is 11.8 Å². The summed E-state index contributed by atoms with van der Waals surface area (Å²) in [4.78, 5) is 33.0. The molecule has 0 atom stereocenters. The van der Waals surface area contributed by atoms with Crippen molar-refractivity contribution >= 4 is 17.5 Å². The molecule has 7 heteroatoms. The molecule has 0 unspecified atom stereocenters. The Balaban J connectivity index is 1.16. The molecule has 1 N–H and O–H groups in total. The predicted octanol–water partition coefficient (Wildman–Crippen LogP) is 4.71. The summed E-state index contributed by atoms with van der Waals surface area (Å²) in [5.41, 5.74) is 2.10. The van der Waals surface area contributed by atoms with E-state index in [0.29, 0.717) is 11.6 Å². The van der Waals surface area contributed by atoms with Crippen molar-refractivity contribution in [3.8, 4) is 0 Å². The van der Waals surface area contributed by atoms with Gasteiger partial charge in [0.1, 0.15) is 5.82 Å². The molecular formula is C30H39FN4O2. The first-order valence-corrected chi connectivity index (χ1v) is 14.0. The molecule has 0 spiro atoms. The zero-order valence-electron chi connectivity index (χ0n) is 21.7. The summed E-state index contributed by atoms with van der Waals surface area (Å²) < 4.78 is 13.5. The number of para-hydroxylation sites is 1. The molecule has 37 heavy (non-hydrogen) atoms. The molecule has 0 radical (unpaired) electrons. The van der Waals surface area contributed by atoms with Crippen molar-refractivity contribution < 1.29 is 14.0 Å². The molecular weight excluding hydrogens is 467 g/mol. The highest BCUT2D eigenvalue weighted by atomic mass is 19.1. The fraction of sp³-hybridized carbons (Fsp3) is 0.533. The van der Waals surface area contributed by atoms with E-state index in [1.54, 1.807) is 12.1 Å². The van der Waals surface area contributed by atoms with Crippen LogP contribution in [0, 0.1) is 5.82 Å². The van der Waals surface area contributed by atoms with Crippen LogP contribution in [0.25, 0.3) is 0 Å². The Morgan fingerprint density at radius 3 is 2.19 bits per heavy atom. The quantitative estimate of drug-likeness (QED) is 0.597. The average molecular weight is 507 g/mol. The topological polar surface area (TPSA) is 55.9 Å². The fourth-order valence-electron chi connectivity index (χ4n) is 6.18. The lowest BCUT2D eigenvalue weighted by Crippen LogP contribution is -2.52. The van der Waals surface area contributed by atoms with E-state index in [9.17, 15) is 14.0 Å². The lowest BCUT2D eigenvalue weighted by Gasteiger charge is -2.40. The van der Waals surface area contributed by atoms with E-state index in [1.165, 1.54) is 50.7 Å². The number of amides is 2. The van der Waals surface area contributed by atoms with E-state index in [1.807, 2.05) is 29.2 Å². The average Bonchev–Trinajstić information content (AvgIpc) is 3.23. The minimum Gasteiger partial charge on any atom is -0.371 e. The van der Waals surface area contributed by atoms with Crippen LogP contribution in [-0.2, 0) is 0 Å². The number of piperidine rings is 1. The summed E-state index contributed by atoms with van der Waals surface area (Å²) in [5, 5.41) is 3.05. The van der Waals surface area contributed by atoms with Crippen LogP contribution in [0.3, 0.4) is 0 Å². The molecule has 2 saturated heterocycles. The minimum atomic E-state index is -0.408. The van der Waals surface area contributed by atoms with Gasteiger partial charge < -0.3 is 15.1 Å². The zero-order valence-corrected chi connectivity index (χ0v) is 21.7. The number of piperazine rings is 1. The van der Waals surface area contributed by atoms with E-state index < -0.39 is 5.82 Å². The number of carbonyl (C=O) groups is 2. The van der Waals surface area contributed by atoms with Gasteiger partial charge in [-0.25, -0.2) is 4.39 Å². The molecule has 3 fully saturated rings. The van der Waals surface area contributed by atoms with Gasteiger partial charge in [-0.1, -0.05) is 43.9 Å². The molecule has 0 aromatic heterocycles. The number of benzene rings is 2. The minimum absolute atomic E-state index is 0.0342. The van der Waals surface area contributed by atoms with Crippen molar-refractivity contribution in [1.82, 2.24) is 15.1 Å². The van der Waals surface area contributed by atoms with Gasteiger partial charge >= 0.3 is 0 Å². The van der Waals surface area contributed by atoms with Crippen LogP contribution in [0.1, 0.15) is 72.1 Å². The van der Waals surface area contributed by atoms with Gasteiger partial charge in [0.05, 0.1) is 5.56 Å². The first kappa shape index (κ1) is 25.7. The monoisotopic (exact) mass is 506 g/mol. The highest BCUT2D eigenvalue weighted by Crippen LogP contribution is 2.27. The van der Waals surface area contributed by atoms with E-state index in [2.05, 4.69) is 15.1 Å². The van der Waals surface area contributed by atoms with Gasteiger partial charge in [0, 0.05) is 62.6 Å². The van der Waals surface area contributed by atoms with Crippen molar-refractivity contribution in [2.24, 2.45) is 0 Å². The molecule has 1 saturated carbocycles. The molecule has 3 aliphatic rings. The van der Waals surface area contributed by atoms with Crippen LogP contribution in [0.5, 0.6) is 0 Å². The van der Waals surface area contributed by atoms with Crippen molar-refractivity contribution in [3.05, 3.63) is 65.5 Å². The van der Waals surface area contributed by atoms with Gasteiger partial charge in [-0.2, -0.15) is 0 Å². The van der Waals surface area contributed by atoms with Crippen molar-refractivity contribution in [3.63, 3.8) is 0 Å². The summed E-state index contributed by atoms with van der Waals surface area (Å²) in [7, 11) is 0. The highest BCUT2D eigenvalue weighted by Gasteiger charge is 2.29. The van der Waals surface area contributed by atoms with Gasteiger partial charge in [-0.05, 0) is 56.0 Å². The van der Waals surface area contributed by atoms with Crippen molar-refractivity contribution in [2.45, 2.75) is 63.5 Å². The van der Waals surface area contributed by atoms with Crippen LogP contribution < -0.4 is 10.2 Å². The molecule has 2 aliphatic heterocycles. The largest absolute Gasteiger partial charge is 0.371 e. The number of rotatable bonds is 5. The van der Waals surface area contributed by atoms with Crippen LogP contribution in [-0.4, -0.2) is 73.0 Å². The van der Waals surface area contributed by atoms with Gasteiger partial charge in [-0.3, -0.25) is 14.5 Å². The Hall–Kier alpha value is -2.93. The van der Waals surface area contributed by atoms with E-state index in [0.717, 1.165) is 63.4 Å². The summed E-state index contributed by atoms with van der Waals surface area (Å²) in [6.07, 6.45) is 9.56. The Morgan fingerprint density at radius 2 is 1.49 bits per heavy atom. The van der Waals surface area contributed by atoms with Gasteiger partial charge in [0.15, 0.2) is 0 Å². The Morgan fingerprint density at radius 1 is 0.784 bits per heavy atom. The fourth-order valence-corrected chi connectivity index (χ4v) is 6.18. The first-order valence-electron chi connectivity index (χ1n) is 14.0. The van der Waals surface area contributed by atoms with Crippen LogP contribution in [0.2, 0.25) is 0 Å². The molecule has 2 aromatic rings. The first-order chi connectivity index (χ1) is 18.1. The highest BCUT2D eigenvalue weighted by molar-refractivity contribution is 6.00. The summed E-state index contributed by atoms with van der Waals surface area (Å²) in [6, 6.07) is 14.5. The normalized spacial score (nSPS) is 20.5. The van der Waals surface area contributed by atoms with Crippen LogP contribution in [0.4, 0.5) is 10.1 Å². The standard InChI is InChI=1S/C30H39FN4O2/c31-24-9-7-8-23(22-24)29(36)32-25-14-16-34(17-15-25)28-13-6-5-12-27(28)30(37)35-20-18-33(19-21-35)26-10-3-1-2-4-11-26/h5-9,12-13,22,25-26H,1-4,10-11,14-21H2,(H,32,36). The Kier molecular flexibility index (Phi) is 8.39.